The Hall–Kier alpha value is -0.790. The lowest BCUT2D eigenvalue weighted by Gasteiger charge is -2.27. The molecule has 7 heteroatoms. The van der Waals surface area contributed by atoms with Gasteiger partial charge in [0.05, 0.1) is 11.6 Å². The summed E-state index contributed by atoms with van der Waals surface area (Å²) in [5.74, 6) is -0.760. The first kappa shape index (κ1) is 17.3. The summed E-state index contributed by atoms with van der Waals surface area (Å²) in [7, 11) is 0. The molecule has 0 aliphatic heterocycles. The van der Waals surface area contributed by atoms with E-state index in [-0.39, 0.29) is 5.56 Å². The molecule has 1 aromatic rings. The second kappa shape index (κ2) is 5.91. The standard InChI is InChI=1S/C13H17F4NOS/c1-8(18-20(19)12(2,3)4)10-7-9(13(15,16)17)5-6-11(10)14/h5-8,18H,1-4H3/t8-,20?/m0/s1. The maximum absolute atomic E-state index is 13.6. The van der Waals surface area contributed by atoms with Gasteiger partial charge < -0.3 is 4.55 Å². The van der Waals surface area contributed by atoms with Gasteiger partial charge in [-0.1, -0.05) is 0 Å². The van der Waals surface area contributed by atoms with Crippen molar-refractivity contribution in [2.75, 3.05) is 0 Å². The summed E-state index contributed by atoms with van der Waals surface area (Å²) < 4.78 is 65.4. The molecule has 1 N–H and O–H groups in total. The lowest BCUT2D eigenvalue weighted by molar-refractivity contribution is -0.137. The third-order valence-electron chi connectivity index (χ3n) is 2.63. The number of rotatable bonds is 3. The van der Waals surface area contributed by atoms with Crippen LogP contribution < -0.4 is 4.72 Å². The number of nitrogens with one attached hydrogen (secondary N) is 1. The molecule has 0 radical (unpaired) electrons. The normalized spacial score (nSPS) is 16.1. The first-order valence-electron chi connectivity index (χ1n) is 5.97. The molecular formula is C13H17F4NOS. The summed E-state index contributed by atoms with van der Waals surface area (Å²) in [4.78, 5) is 0. The van der Waals surface area contributed by atoms with Crippen molar-refractivity contribution in [3.05, 3.63) is 35.1 Å². The quantitative estimate of drug-likeness (QED) is 0.677. The van der Waals surface area contributed by atoms with Crippen molar-refractivity contribution in [1.29, 1.82) is 0 Å². The van der Waals surface area contributed by atoms with E-state index >= 15 is 0 Å². The maximum Gasteiger partial charge on any atom is 0.416 e. The molecule has 1 unspecified atom stereocenters. The van der Waals surface area contributed by atoms with E-state index in [2.05, 4.69) is 4.72 Å². The Morgan fingerprint density at radius 2 is 1.75 bits per heavy atom. The molecule has 0 bridgehead atoms. The van der Waals surface area contributed by atoms with Crippen molar-refractivity contribution >= 4 is 11.4 Å². The molecule has 2 atom stereocenters. The maximum atomic E-state index is 13.6. The van der Waals surface area contributed by atoms with Gasteiger partial charge in [-0.2, -0.15) is 13.2 Å². The molecule has 0 aliphatic rings. The lowest BCUT2D eigenvalue weighted by atomic mass is 10.0. The van der Waals surface area contributed by atoms with Gasteiger partial charge in [0, 0.05) is 16.9 Å². The Morgan fingerprint density at radius 1 is 1.20 bits per heavy atom. The number of halogens is 4. The van der Waals surface area contributed by atoms with Crippen molar-refractivity contribution in [1.82, 2.24) is 4.72 Å². The van der Waals surface area contributed by atoms with Crippen LogP contribution in [0.5, 0.6) is 0 Å². The second-order valence-electron chi connectivity index (χ2n) is 5.45. The fraction of sp³-hybridized carbons (Fsp3) is 0.538. The SMILES string of the molecule is C[C@H](N[S+]([O-])C(C)(C)C)c1cc(C(F)(F)F)ccc1F. The van der Waals surface area contributed by atoms with Crippen LogP contribution in [0.3, 0.4) is 0 Å². The fourth-order valence-corrected chi connectivity index (χ4v) is 2.25. The summed E-state index contributed by atoms with van der Waals surface area (Å²) in [6, 6.07) is 1.41. The van der Waals surface area contributed by atoms with Crippen molar-refractivity contribution in [3.8, 4) is 0 Å². The van der Waals surface area contributed by atoms with Crippen LogP contribution in [0.25, 0.3) is 0 Å². The van der Waals surface area contributed by atoms with E-state index in [1.54, 1.807) is 20.8 Å². The van der Waals surface area contributed by atoms with Crippen LogP contribution in [-0.2, 0) is 17.5 Å². The van der Waals surface area contributed by atoms with Crippen LogP contribution in [0.2, 0.25) is 0 Å². The summed E-state index contributed by atoms with van der Waals surface area (Å²) in [6.07, 6.45) is -4.54. The smallest absolute Gasteiger partial charge is 0.416 e. The van der Waals surface area contributed by atoms with Crippen molar-refractivity contribution in [2.45, 2.75) is 44.7 Å². The molecule has 20 heavy (non-hydrogen) atoms. The average molecular weight is 311 g/mol. The molecule has 0 saturated carbocycles. The minimum absolute atomic E-state index is 0.155. The number of alkyl halides is 3. The molecule has 0 aromatic heterocycles. The van der Waals surface area contributed by atoms with Gasteiger partial charge >= 0.3 is 6.18 Å². The molecule has 2 nitrogen and oxygen atoms in total. The molecule has 0 spiro atoms. The number of hydrogen-bond donors (Lipinski definition) is 1. The van der Waals surface area contributed by atoms with Gasteiger partial charge in [-0.3, -0.25) is 0 Å². The highest BCUT2D eigenvalue weighted by atomic mass is 32.2. The first-order valence-corrected chi connectivity index (χ1v) is 7.12. The van der Waals surface area contributed by atoms with E-state index in [9.17, 15) is 22.1 Å². The molecular weight excluding hydrogens is 294 g/mol. The van der Waals surface area contributed by atoms with E-state index in [4.69, 9.17) is 0 Å². The van der Waals surface area contributed by atoms with E-state index in [0.29, 0.717) is 6.07 Å². The lowest BCUT2D eigenvalue weighted by Crippen LogP contribution is -2.40. The third-order valence-corrected chi connectivity index (χ3v) is 4.31. The Bertz CT molecular complexity index is 470. The highest BCUT2D eigenvalue weighted by Crippen LogP contribution is 2.32. The molecule has 0 fully saturated rings. The van der Waals surface area contributed by atoms with E-state index in [0.717, 1.165) is 12.1 Å². The molecule has 114 valence electrons. The van der Waals surface area contributed by atoms with Crippen LogP contribution in [0, 0.1) is 5.82 Å². The second-order valence-corrected chi connectivity index (χ2v) is 7.45. The third kappa shape index (κ3) is 4.36. The van der Waals surface area contributed by atoms with E-state index in [1.165, 1.54) is 6.92 Å². The van der Waals surface area contributed by atoms with Crippen molar-refractivity contribution in [3.63, 3.8) is 0 Å². The van der Waals surface area contributed by atoms with Gasteiger partial charge in [-0.15, -0.1) is 4.72 Å². The number of hydrogen-bond acceptors (Lipinski definition) is 2. The van der Waals surface area contributed by atoms with Gasteiger partial charge in [-0.05, 0) is 45.9 Å². The minimum atomic E-state index is -4.54. The average Bonchev–Trinajstić information content (AvgIpc) is 2.26. The molecule has 0 saturated heterocycles. The molecule has 1 rings (SSSR count). The van der Waals surface area contributed by atoms with Crippen LogP contribution in [0.1, 0.15) is 44.9 Å². The summed E-state index contributed by atoms with van der Waals surface area (Å²) in [5.41, 5.74) is -1.08. The largest absolute Gasteiger partial charge is 0.598 e. The van der Waals surface area contributed by atoms with Gasteiger partial charge in [0.2, 0.25) is 0 Å². The van der Waals surface area contributed by atoms with Crippen LogP contribution in [-0.4, -0.2) is 9.30 Å². The van der Waals surface area contributed by atoms with E-state index < -0.39 is 39.7 Å². The molecule has 0 aliphatic carbocycles. The zero-order valence-corrected chi connectivity index (χ0v) is 12.5. The molecule has 1 aromatic carbocycles. The first-order chi connectivity index (χ1) is 8.93. The summed E-state index contributed by atoms with van der Waals surface area (Å²) in [5, 5.41) is 0. The van der Waals surface area contributed by atoms with Gasteiger partial charge in [-0.25, -0.2) is 4.39 Å². The fourth-order valence-electron chi connectivity index (χ4n) is 1.45. The predicted molar refractivity (Wildman–Crippen MR) is 70.8 cm³/mol. The van der Waals surface area contributed by atoms with Gasteiger partial charge in [0.25, 0.3) is 0 Å². The van der Waals surface area contributed by atoms with Gasteiger partial charge in [0.1, 0.15) is 10.6 Å². The zero-order chi connectivity index (χ0) is 15.7. The Balaban J connectivity index is 3.01. The Morgan fingerprint density at radius 3 is 2.20 bits per heavy atom. The zero-order valence-electron chi connectivity index (χ0n) is 11.6. The summed E-state index contributed by atoms with van der Waals surface area (Å²) in [6.45, 7) is 6.62. The highest BCUT2D eigenvalue weighted by Gasteiger charge is 2.33. The topological polar surface area (TPSA) is 35.1 Å². The Kier molecular flexibility index (Phi) is 5.10. The highest BCUT2D eigenvalue weighted by molar-refractivity contribution is 7.90. The molecule has 0 amide bonds. The predicted octanol–water partition coefficient (Wildman–Crippen LogP) is 3.96. The number of benzene rings is 1. The summed E-state index contributed by atoms with van der Waals surface area (Å²) >= 11 is -1.50. The van der Waals surface area contributed by atoms with E-state index in [1.807, 2.05) is 0 Å². The van der Waals surface area contributed by atoms with Crippen molar-refractivity contribution < 1.29 is 22.1 Å². The molecule has 0 heterocycles. The van der Waals surface area contributed by atoms with Crippen LogP contribution in [0.4, 0.5) is 17.6 Å². The Labute approximate surface area is 118 Å². The monoisotopic (exact) mass is 311 g/mol. The van der Waals surface area contributed by atoms with Crippen LogP contribution in [0.15, 0.2) is 18.2 Å². The minimum Gasteiger partial charge on any atom is -0.598 e. The van der Waals surface area contributed by atoms with Gasteiger partial charge in [0.15, 0.2) is 0 Å². The van der Waals surface area contributed by atoms with Crippen molar-refractivity contribution in [2.24, 2.45) is 0 Å². The van der Waals surface area contributed by atoms with Crippen LogP contribution >= 0.6 is 0 Å².